The summed E-state index contributed by atoms with van der Waals surface area (Å²) in [5, 5.41) is 11.2. The van der Waals surface area contributed by atoms with Crippen molar-refractivity contribution in [1.29, 1.82) is 0 Å². The molecule has 1 atom stereocenters. The van der Waals surface area contributed by atoms with Gasteiger partial charge in [-0.05, 0) is 47.1 Å². The van der Waals surface area contributed by atoms with Crippen LogP contribution in [-0.4, -0.2) is 26.1 Å². The summed E-state index contributed by atoms with van der Waals surface area (Å²) in [4.78, 5) is 4.27. The maximum atomic E-state index is 4.27. The summed E-state index contributed by atoms with van der Waals surface area (Å²) in [5.74, 6) is 2.48. The van der Waals surface area contributed by atoms with E-state index in [0.717, 1.165) is 25.0 Å². The zero-order valence-corrected chi connectivity index (χ0v) is 15.5. The number of nitrogens with zero attached hydrogens (tertiary/aromatic N) is 1. The zero-order chi connectivity index (χ0) is 13.5. The smallest absolute Gasteiger partial charge is 0.190 e. The molecule has 0 bridgehead atoms. The molecule has 1 unspecified atom stereocenters. The number of nitrogens with one attached hydrogen (secondary N) is 2. The Bertz CT molecular complexity index is 388. The van der Waals surface area contributed by atoms with Crippen molar-refractivity contribution in [3.8, 4) is 0 Å². The minimum absolute atomic E-state index is 0. The zero-order valence-electron chi connectivity index (χ0n) is 12.4. The lowest BCUT2D eigenvalue weighted by Crippen LogP contribution is -2.39. The summed E-state index contributed by atoms with van der Waals surface area (Å²) in [6.07, 6.45) is 5.52. The van der Waals surface area contributed by atoms with Gasteiger partial charge in [0.2, 0.25) is 0 Å². The van der Waals surface area contributed by atoms with E-state index in [-0.39, 0.29) is 24.0 Å². The Morgan fingerprint density at radius 2 is 2.25 bits per heavy atom. The van der Waals surface area contributed by atoms with Gasteiger partial charge in [-0.15, -0.1) is 24.0 Å². The Labute approximate surface area is 143 Å². The van der Waals surface area contributed by atoms with E-state index in [1.54, 1.807) is 11.3 Å². The van der Waals surface area contributed by atoms with Gasteiger partial charge in [-0.2, -0.15) is 11.3 Å². The van der Waals surface area contributed by atoms with Crippen LogP contribution >= 0.6 is 35.3 Å². The second-order valence-corrected chi connectivity index (χ2v) is 6.20. The van der Waals surface area contributed by atoms with Gasteiger partial charge in [0.05, 0.1) is 0 Å². The van der Waals surface area contributed by atoms with E-state index in [2.05, 4.69) is 39.4 Å². The number of hydrogen-bond acceptors (Lipinski definition) is 2. The molecule has 0 spiro atoms. The van der Waals surface area contributed by atoms with Crippen LogP contribution in [0.25, 0.3) is 0 Å². The van der Waals surface area contributed by atoms with Gasteiger partial charge < -0.3 is 10.6 Å². The fraction of sp³-hybridized carbons (Fsp3) is 0.667. The monoisotopic (exact) mass is 407 g/mol. The first kappa shape index (κ1) is 17.8. The molecule has 0 amide bonds. The summed E-state index contributed by atoms with van der Waals surface area (Å²) in [5.41, 5.74) is 1.40. The van der Waals surface area contributed by atoms with Crippen LogP contribution in [0.1, 0.15) is 44.1 Å². The molecule has 1 aliphatic carbocycles. The van der Waals surface area contributed by atoms with Crippen molar-refractivity contribution in [1.82, 2.24) is 10.6 Å². The van der Waals surface area contributed by atoms with Crippen molar-refractivity contribution < 1.29 is 0 Å². The van der Waals surface area contributed by atoms with Crippen LogP contribution < -0.4 is 10.6 Å². The van der Waals surface area contributed by atoms with Gasteiger partial charge in [-0.3, -0.25) is 4.99 Å². The summed E-state index contributed by atoms with van der Waals surface area (Å²) < 4.78 is 0. The molecule has 1 heterocycles. The van der Waals surface area contributed by atoms with Crippen molar-refractivity contribution in [3.63, 3.8) is 0 Å². The summed E-state index contributed by atoms with van der Waals surface area (Å²) >= 11 is 1.76. The molecular formula is C15H26IN3S. The topological polar surface area (TPSA) is 36.4 Å². The number of hydrogen-bond donors (Lipinski definition) is 2. The van der Waals surface area contributed by atoms with Crippen molar-refractivity contribution >= 4 is 41.3 Å². The molecule has 0 aromatic carbocycles. The van der Waals surface area contributed by atoms with Gasteiger partial charge in [0, 0.05) is 20.1 Å². The Morgan fingerprint density at radius 1 is 1.45 bits per heavy atom. The van der Waals surface area contributed by atoms with Crippen LogP contribution in [-0.2, 0) is 0 Å². The molecule has 5 heteroatoms. The van der Waals surface area contributed by atoms with Crippen molar-refractivity contribution in [3.05, 3.63) is 22.4 Å². The molecule has 1 aromatic heterocycles. The summed E-state index contributed by atoms with van der Waals surface area (Å²) in [6, 6.07) is 2.20. The average molecular weight is 407 g/mol. The lowest BCUT2D eigenvalue weighted by atomic mass is 10.1. The third-order valence-electron chi connectivity index (χ3n) is 3.69. The van der Waals surface area contributed by atoms with Crippen LogP contribution in [0.4, 0.5) is 0 Å². The molecular weight excluding hydrogens is 381 g/mol. The number of rotatable bonds is 7. The normalized spacial score (nSPS) is 16.4. The molecule has 0 saturated heterocycles. The lowest BCUT2D eigenvalue weighted by Gasteiger charge is -2.15. The van der Waals surface area contributed by atoms with E-state index in [1.807, 2.05) is 7.05 Å². The third kappa shape index (κ3) is 6.43. The number of thiophene rings is 1. The van der Waals surface area contributed by atoms with E-state index in [0.29, 0.717) is 5.92 Å². The Balaban J connectivity index is 0.00000200. The standard InChI is InChI=1S/C15H25N3S.HI/c1-12(14-7-9-19-11-14)10-18-15(16-2)17-8-3-4-13-5-6-13;/h7,9,11-13H,3-6,8,10H2,1-2H3,(H2,16,17,18);1H. The molecule has 20 heavy (non-hydrogen) atoms. The second-order valence-electron chi connectivity index (χ2n) is 5.42. The lowest BCUT2D eigenvalue weighted by molar-refractivity contribution is 0.638. The van der Waals surface area contributed by atoms with Crippen molar-refractivity contribution in [2.24, 2.45) is 10.9 Å². The number of guanidine groups is 1. The molecule has 3 nitrogen and oxygen atoms in total. The molecule has 0 aliphatic heterocycles. The van der Waals surface area contributed by atoms with Crippen LogP contribution in [0, 0.1) is 5.92 Å². The molecule has 1 aromatic rings. The molecule has 114 valence electrons. The number of aliphatic imine (C=N–C) groups is 1. The van der Waals surface area contributed by atoms with Gasteiger partial charge in [0.25, 0.3) is 0 Å². The third-order valence-corrected chi connectivity index (χ3v) is 4.39. The molecule has 2 rings (SSSR count). The minimum Gasteiger partial charge on any atom is -0.356 e. The fourth-order valence-corrected chi connectivity index (χ4v) is 2.93. The van der Waals surface area contributed by atoms with E-state index in [9.17, 15) is 0 Å². The SMILES string of the molecule is CN=C(NCCCC1CC1)NCC(C)c1ccsc1.I. The van der Waals surface area contributed by atoms with E-state index in [4.69, 9.17) is 0 Å². The fourth-order valence-electron chi connectivity index (χ4n) is 2.15. The maximum Gasteiger partial charge on any atom is 0.190 e. The molecule has 1 saturated carbocycles. The van der Waals surface area contributed by atoms with Crippen LogP contribution in [0.15, 0.2) is 21.8 Å². The van der Waals surface area contributed by atoms with Crippen LogP contribution in [0.3, 0.4) is 0 Å². The highest BCUT2D eigenvalue weighted by Crippen LogP contribution is 2.33. The molecule has 1 fully saturated rings. The molecule has 1 aliphatic rings. The minimum atomic E-state index is 0. The van der Waals surface area contributed by atoms with Crippen LogP contribution in [0.2, 0.25) is 0 Å². The van der Waals surface area contributed by atoms with Gasteiger partial charge >= 0.3 is 0 Å². The van der Waals surface area contributed by atoms with Crippen LogP contribution in [0.5, 0.6) is 0 Å². The van der Waals surface area contributed by atoms with Gasteiger partial charge in [0.1, 0.15) is 0 Å². The largest absolute Gasteiger partial charge is 0.356 e. The van der Waals surface area contributed by atoms with Gasteiger partial charge in [0.15, 0.2) is 5.96 Å². The highest BCUT2D eigenvalue weighted by Gasteiger charge is 2.19. The Kier molecular flexibility index (Phi) is 8.52. The first-order valence-corrected chi connectivity index (χ1v) is 8.20. The Morgan fingerprint density at radius 3 is 2.85 bits per heavy atom. The second kappa shape index (κ2) is 9.60. The Hall–Kier alpha value is -0.300. The highest BCUT2D eigenvalue weighted by atomic mass is 127. The maximum absolute atomic E-state index is 4.27. The van der Waals surface area contributed by atoms with E-state index >= 15 is 0 Å². The molecule has 2 N–H and O–H groups in total. The summed E-state index contributed by atoms with van der Waals surface area (Å²) in [6.45, 7) is 4.21. The average Bonchev–Trinajstić information content (AvgIpc) is 3.08. The number of halogens is 1. The van der Waals surface area contributed by atoms with E-state index < -0.39 is 0 Å². The van der Waals surface area contributed by atoms with E-state index in [1.165, 1.54) is 31.2 Å². The first-order chi connectivity index (χ1) is 9.29. The first-order valence-electron chi connectivity index (χ1n) is 7.26. The predicted octanol–water partition coefficient (Wildman–Crippen LogP) is 3.82. The quantitative estimate of drug-likeness (QED) is 0.312. The predicted molar refractivity (Wildman–Crippen MR) is 99.5 cm³/mol. The van der Waals surface area contributed by atoms with Gasteiger partial charge in [-0.1, -0.05) is 19.8 Å². The van der Waals surface area contributed by atoms with Crippen molar-refractivity contribution in [2.75, 3.05) is 20.1 Å². The highest BCUT2D eigenvalue weighted by molar-refractivity contribution is 14.0. The molecule has 0 radical (unpaired) electrons. The summed E-state index contributed by atoms with van der Waals surface area (Å²) in [7, 11) is 1.84. The van der Waals surface area contributed by atoms with Gasteiger partial charge in [-0.25, -0.2) is 0 Å². The van der Waals surface area contributed by atoms with Crippen molar-refractivity contribution in [2.45, 2.75) is 38.5 Å².